The fraction of sp³-hybridized carbons (Fsp3) is 1.00. The molecule has 0 radical (unpaired) electrons. The van der Waals surface area contributed by atoms with Gasteiger partial charge in [-0.25, -0.2) is 0 Å². The summed E-state index contributed by atoms with van der Waals surface area (Å²) in [7, 11) is 2.22. The predicted octanol–water partition coefficient (Wildman–Crippen LogP) is 2.09. The molecule has 2 N–H and O–H groups in total. The van der Waals surface area contributed by atoms with Crippen LogP contribution >= 0.6 is 0 Å². The summed E-state index contributed by atoms with van der Waals surface area (Å²) in [6.07, 6.45) is 4.04. The number of rotatable bonds is 5. The molecule has 1 aliphatic rings. The number of hydrogen-bond donors (Lipinski definition) is 1. The minimum Gasteiger partial charge on any atom is -0.329 e. The third-order valence-electron chi connectivity index (χ3n) is 3.19. The Kier molecular flexibility index (Phi) is 3.96. The third kappa shape index (κ3) is 3.97. The summed E-state index contributed by atoms with van der Waals surface area (Å²) in [5.74, 6) is 0.893. The molecule has 2 heteroatoms. The van der Waals surface area contributed by atoms with Crippen molar-refractivity contribution in [1.82, 2.24) is 4.90 Å². The van der Waals surface area contributed by atoms with E-state index in [4.69, 9.17) is 5.73 Å². The van der Waals surface area contributed by atoms with Crippen LogP contribution in [0.15, 0.2) is 0 Å². The van der Waals surface area contributed by atoms with E-state index in [0.29, 0.717) is 11.5 Å². The standard InChI is InChI=1S/C12H26N2/c1-12(2,3)7-8-14(4)11(9-13)10-5-6-10/h10-11H,5-9,13H2,1-4H3. The van der Waals surface area contributed by atoms with Crippen molar-refractivity contribution in [1.29, 1.82) is 0 Å². The second kappa shape index (κ2) is 4.63. The highest BCUT2D eigenvalue weighted by Crippen LogP contribution is 2.34. The summed E-state index contributed by atoms with van der Waals surface area (Å²) in [6, 6.07) is 0.636. The lowest BCUT2D eigenvalue weighted by atomic mass is 9.92. The van der Waals surface area contributed by atoms with Crippen LogP contribution in [-0.2, 0) is 0 Å². The van der Waals surface area contributed by atoms with E-state index in [1.807, 2.05) is 0 Å². The Morgan fingerprint density at radius 3 is 2.29 bits per heavy atom. The zero-order valence-corrected chi connectivity index (χ0v) is 10.2. The van der Waals surface area contributed by atoms with Crippen LogP contribution in [0.5, 0.6) is 0 Å². The molecule has 1 fully saturated rings. The maximum absolute atomic E-state index is 5.81. The lowest BCUT2D eigenvalue weighted by Gasteiger charge is -2.29. The van der Waals surface area contributed by atoms with Crippen LogP contribution in [0.4, 0.5) is 0 Å². The molecular weight excluding hydrogens is 172 g/mol. The summed E-state index contributed by atoms with van der Waals surface area (Å²) >= 11 is 0. The summed E-state index contributed by atoms with van der Waals surface area (Å²) in [4.78, 5) is 2.46. The molecular formula is C12H26N2. The molecule has 1 unspecified atom stereocenters. The van der Waals surface area contributed by atoms with E-state index in [0.717, 1.165) is 12.5 Å². The number of hydrogen-bond acceptors (Lipinski definition) is 2. The molecule has 1 aliphatic carbocycles. The van der Waals surface area contributed by atoms with Gasteiger partial charge in [-0.1, -0.05) is 20.8 Å². The van der Waals surface area contributed by atoms with Crippen LogP contribution in [0.3, 0.4) is 0 Å². The normalized spacial score (nSPS) is 20.1. The maximum Gasteiger partial charge on any atom is 0.0243 e. The van der Waals surface area contributed by atoms with E-state index in [9.17, 15) is 0 Å². The van der Waals surface area contributed by atoms with Crippen LogP contribution in [0, 0.1) is 11.3 Å². The van der Waals surface area contributed by atoms with Crippen molar-refractivity contribution in [3.05, 3.63) is 0 Å². The van der Waals surface area contributed by atoms with Crippen LogP contribution < -0.4 is 5.73 Å². The van der Waals surface area contributed by atoms with Crippen molar-refractivity contribution < 1.29 is 0 Å². The smallest absolute Gasteiger partial charge is 0.0243 e. The zero-order valence-electron chi connectivity index (χ0n) is 10.2. The van der Waals surface area contributed by atoms with Gasteiger partial charge >= 0.3 is 0 Å². The zero-order chi connectivity index (χ0) is 10.8. The van der Waals surface area contributed by atoms with Gasteiger partial charge in [0.15, 0.2) is 0 Å². The minimum atomic E-state index is 0.441. The molecule has 84 valence electrons. The highest BCUT2D eigenvalue weighted by Gasteiger charge is 2.32. The molecule has 0 spiro atoms. The lowest BCUT2D eigenvalue weighted by Crippen LogP contribution is -2.40. The predicted molar refractivity (Wildman–Crippen MR) is 62.3 cm³/mol. The van der Waals surface area contributed by atoms with Gasteiger partial charge in [-0.05, 0) is 44.2 Å². The van der Waals surface area contributed by atoms with E-state index < -0.39 is 0 Å². The highest BCUT2D eigenvalue weighted by atomic mass is 15.1. The molecule has 1 rings (SSSR count). The monoisotopic (exact) mass is 198 g/mol. The molecule has 0 amide bonds. The highest BCUT2D eigenvalue weighted by molar-refractivity contribution is 4.88. The van der Waals surface area contributed by atoms with Gasteiger partial charge < -0.3 is 10.6 Å². The second-order valence-electron chi connectivity index (χ2n) is 5.93. The first-order valence-electron chi connectivity index (χ1n) is 5.84. The first-order chi connectivity index (χ1) is 6.44. The molecule has 0 aliphatic heterocycles. The molecule has 0 bridgehead atoms. The molecule has 2 nitrogen and oxygen atoms in total. The van der Waals surface area contributed by atoms with E-state index >= 15 is 0 Å². The summed E-state index contributed by atoms with van der Waals surface area (Å²) in [6.45, 7) is 8.91. The summed E-state index contributed by atoms with van der Waals surface area (Å²) in [5, 5.41) is 0. The largest absolute Gasteiger partial charge is 0.329 e. The van der Waals surface area contributed by atoms with Crippen LogP contribution in [0.25, 0.3) is 0 Å². The van der Waals surface area contributed by atoms with Crippen molar-refractivity contribution in [2.75, 3.05) is 20.1 Å². The quantitative estimate of drug-likeness (QED) is 0.733. The first-order valence-corrected chi connectivity index (χ1v) is 5.84. The maximum atomic E-state index is 5.81. The van der Waals surface area contributed by atoms with Crippen LogP contribution in [-0.4, -0.2) is 31.1 Å². The van der Waals surface area contributed by atoms with Gasteiger partial charge in [-0.3, -0.25) is 0 Å². The van der Waals surface area contributed by atoms with E-state index in [-0.39, 0.29) is 0 Å². The molecule has 0 aromatic carbocycles. The van der Waals surface area contributed by atoms with Gasteiger partial charge in [0, 0.05) is 12.6 Å². The molecule has 1 saturated carbocycles. The Balaban J connectivity index is 2.28. The molecule has 14 heavy (non-hydrogen) atoms. The van der Waals surface area contributed by atoms with E-state index in [2.05, 4.69) is 32.7 Å². The minimum absolute atomic E-state index is 0.441. The Morgan fingerprint density at radius 1 is 1.36 bits per heavy atom. The van der Waals surface area contributed by atoms with Crippen LogP contribution in [0.2, 0.25) is 0 Å². The molecule has 0 saturated heterocycles. The van der Waals surface area contributed by atoms with Gasteiger partial charge in [0.2, 0.25) is 0 Å². The topological polar surface area (TPSA) is 29.3 Å². The van der Waals surface area contributed by atoms with Gasteiger partial charge in [0.05, 0.1) is 0 Å². The summed E-state index contributed by atoms with van der Waals surface area (Å²) in [5.41, 5.74) is 6.25. The van der Waals surface area contributed by atoms with E-state index in [1.54, 1.807) is 0 Å². The number of nitrogens with two attached hydrogens (primary N) is 1. The fourth-order valence-electron chi connectivity index (χ4n) is 1.89. The first kappa shape index (κ1) is 12.0. The van der Waals surface area contributed by atoms with Crippen molar-refractivity contribution in [3.63, 3.8) is 0 Å². The van der Waals surface area contributed by atoms with Gasteiger partial charge in [0.25, 0.3) is 0 Å². The average molecular weight is 198 g/mol. The van der Waals surface area contributed by atoms with E-state index in [1.165, 1.54) is 25.8 Å². The fourth-order valence-corrected chi connectivity index (χ4v) is 1.89. The van der Waals surface area contributed by atoms with Gasteiger partial charge in [-0.2, -0.15) is 0 Å². The third-order valence-corrected chi connectivity index (χ3v) is 3.19. The Bertz CT molecular complexity index is 168. The molecule has 0 heterocycles. The lowest BCUT2D eigenvalue weighted by molar-refractivity contribution is 0.192. The molecule has 0 aromatic heterocycles. The molecule has 1 atom stereocenters. The summed E-state index contributed by atoms with van der Waals surface area (Å²) < 4.78 is 0. The Labute approximate surface area is 88.8 Å². The van der Waals surface area contributed by atoms with Gasteiger partial charge in [0.1, 0.15) is 0 Å². The van der Waals surface area contributed by atoms with Gasteiger partial charge in [-0.15, -0.1) is 0 Å². The van der Waals surface area contributed by atoms with Crippen molar-refractivity contribution in [2.45, 2.75) is 46.1 Å². The van der Waals surface area contributed by atoms with Crippen molar-refractivity contribution >= 4 is 0 Å². The van der Waals surface area contributed by atoms with Crippen molar-refractivity contribution in [3.8, 4) is 0 Å². The van der Waals surface area contributed by atoms with Crippen LogP contribution in [0.1, 0.15) is 40.0 Å². The second-order valence-corrected chi connectivity index (χ2v) is 5.93. The molecule has 0 aromatic rings. The van der Waals surface area contributed by atoms with Crippen molar-refractivity contribution in [2.24, 2.45) is 17.1 Å². The number of nitrogens with zero attached hydrogens (tertiary/aromatic N) is 1. The number of likely N-dealkylation sites (N-methyl/N-ethyl adjacent to an activating group) is 1. The Morgan fingerprint density at radius 2 is 1.93 bits per heavy atom. The Hall–Kier alpha value is -0.0800. The SMILES string of the molecule is CN(CCC(C)(C)C)C(CN)C1CC1. The average Bonchev–Trinajstić information content (AvgIpc) is 2.85.